The molecular weight excluding hydrogens is 267 g/mol. The minimum Gasteiger partial charge on any atom is -0.399 e. The zero-order valence-corrected chi connectivity index (χ0v) is 11.0. The smallest absolute Gasteiger partial charge is 0.264 e. The summed E-state index contributed by atoms with van der Waals surface area (Å²) in [6, 6.07) is 10.2. The Kier molecular flexibility index (Phi) is 3.44. The summed E-state index contributed by atoms with van der Waals surface area (Å²) in [4.78, 5) is -0.380. The van der Waals surface area contributed by atoms with Crippen molar-refractivity contribution < 1.29 is 12.8 Å². The molecule has 0 aliphatic rings. The van der Waals surface area contributed by atoms with Gasteiger partial charge in [0.05, 0.1) is 5.69 Å². The lowest BCUT2D eigenvalue weighted by Crippen LogP contribution is -2.14. The topological polar surface area (TPSA) is 72.2 Å². The maximum absolute atomic E-state index is 13.6. The molecule has 6 heteroatoms. The first kappa shape index (κ1) is 13.4. The largest absolute Gasteiger partial charge is 0.399 e. The number of hydrogen-bond acceptors (Lipinski definition) is 3. The molecule has 0 heterocycles. The van der Waals surface area contributed by atoms with Gasteiger partial charge in [0.25, 0.3) is 10.0 Å². The predicted molar refractivity (Wildman–Crippen MR) is 72.8 cm³/mol. The van der Waals surface area contributed by atoms with E-state index in [1.807, 2.05) is 0 Å². The number of nitrogens with two attached hydrogens (primary N) is 1. The summed E-state index contributed by atoms with van der Waals surface area (Å²) in [7, 11) is -3.96. The van der Waals surface area contributed by atoms with Crippen LogP contribution in [0.15, 0.2) is 47.4 Å². The van der Waals surface area contributed by atoms with Crippen LogP contribution < -0.4 is 10.5 Å². The van der Waals surface area contributed by atoms with Crippen molar-refractivity contribution >= 4 is 21.4 Å². The first-order valence-corrected chi connectivity index (χ1v) is 7.01. The first-order chi connectivity index (χ1) is 8.88. The molecule has 2 rings (SSSR count). The summed E-state index contributed by atoms with van der Waals surface area (Å²) in [6.45, 7) is 1.69. The standard InChI is InChI=1S/C13H13FN2O2S/c1-9-5-6-12(14)13(7-9)19(17,18)16-11-4-2-3-10(15)8-11/h2-8,16H,15H2,1H3. The average molecular weight is 280 g/mol. The molecule has 0 aromatic heterocycles. The van der Waals surface area contributed by atoms with Crippen molar-refractivity contribution in [2.24, 2.45) is 0 Å². The van der Waals surface area contributed by atoms with Gasteiger partial charge in [0, 0.05) is 5.69 Å². The van der Waals surface area contributed by atoms with Gasteiger partial charge in [-0.25, -0.2) is 12.8 Å². The van der Waals surface area contributed by atoms with Crippen LogP contribution in [0.4, 0.5) is 15.8 Å². The van der Waals surface area contributed by atoms with Crippen LogP contribution in [0, 0.1) is 12.7 Å². The normalized spacial score (nSPS) is 11.3. The average Bonchev–Trinajstić information content (AvgIpc) is 2.31. The van der Waals surface area contributed by atoms with Crippen molar-refractivity contribution in [1.82, 2.24) is 0 Å². The van der Waals surface area contributed by atoms with E-state index in [0.29, 0.717) is 16.9 Å². The molecule has 0 aliphatic heterocycles. The fraction of sp³-hybridized carbons (Fsp3) is 0.0769. The summed E-state index contributed by atoms with van der Waals surface area (Å²) in [5.74, 6) is -0.790. The van der Waals surface area contributed by atoms with Gasteiger partial charge in [-0.1, -0.05) is 12.1 Å². The van der Waals surface area contributed by atoms with Crippen molar-refractivity contribution in [2.75, 3.05) is 10.5 Å². The molecule has 0 fully saturated rings. The molecule has 0 atom stereocenters. The van der Waals surface area contributed by atoms with Gasteiger partial charge in [-0.15, -0.1) is 0 Å². The number of halogens is 1. The van der Waals surface area contributed by atoms with Gasteiger partial charge in [-0.05, 0) is 42.8 Å². The Hall–Kier alpha value is -2.08. The number of rotatable bonds is 3. The highest BCUT2D eigenvalue weighted by Crippen LogP contribution is 2.21. The lowest BCUT2D eigenvalue weighted by Gasteiger charge is -2.10. The highest BCUT2D eigenvalue weighted by atomic mass is 32.2. The maximum atomic E-state index is 13.6. The number of nitrogens with one attached hydrogen (secondary N) is 1. The van der Waals surface area contributed by atoms with Gasteiger partial charge in [-0.2, -0.15) is 0 Å². The van der Waals surface area contributed by atoms with Crippen molar-refractivity contribution in [3.63, 3.8) is 0 Å². The fourth-order valence-corrected chi connectivity index (χ4v) is 2.84. The van der Waals surface area contributed by atoms with E-state index in [0.717, 1.165) is 6.07 Å². The summed E-state index contributed by atoms with van der Waals surface area (Å²) in [6.07, 6.45) is 0. The highest BCUT2D eigenvalue weighted by molar-refractivity contribution is 7.92. The van der Waals surface area contributed by atoms with E-state index in [1.54, 1.807) is 25.1 Å². The Labute approximate surface area is 111 Å². The maximum Gasteiger partial charge on any atom is 0.264 e. The van der Waals surface area contributed by atoms with Gasteiger partial charge in [0.2, 0.25) is 0 Å². The van der Waals surface area contributed by atoms with Gasteiger partial charge in [0.1, 0.15) is 10.7 Å². The minimum atomic E-state index is -3.96. The van der Waals surface area contributed by atoms with E-state index >= 15 is 0 Å². The predicted octanol–water partition coefficient (Wildman–Crippen LogP) is 2.52. The first-order valence-electron chi connectivity index (χ1n) is 5.53. The van der Waals surface area contributed by atoms with Gasteiger partial charge in [-0.3, -0.25) is 4.72 Å². The molecular formula is C13H13FN2O2S. The number of hydrogen-bond donors (Lipinski definition) is 2. The summed E-state index contributed by atoms with van der Waals surface area (Å²) in [5.41, 5.74) is 6.94. The Morgan fingerprint density at radius 2 is 1.89 bits per heavy atom. The van der Waals surface area contributed by atoms with E-state index < -0.39 is 15.8 Å². The third-order valence-corrected chi connectivity index (χ3v) is 3.91. The molecule has 19 heavy (non-hydrogen) atoms. The van der Waals surface area contributed by atoms with Crippen LogP contribution in [0.1, 0.15) is 5.56 Å². The lowest BCUT2D eigenvalue weighted by atomic mass is 10.2. The molecule has 0 saturated carbocycles. The summed E-state index contributed by atoms with van der Waals surface area (Å²) in [5, 5.41) is 0. The van der Waals surface area contributed by atoms with Gasteiger partial charge in [0.15, 0.2) is 0 Å². The highest BCUT2D eigenvalue weighted by Gasteiger charge is 2.19. The van der Waals surface area contributed by atoms with E-state index in [2.05, 4.69) is 4.72 Å². The Balaban J connectivity index is 2.40. The van der Waals surface area contributed by atoms with Crippen molar-refractivity contribution in [3.05, 3.63) is 53.8 Å². The second-order valence-corrected chi connectivity index (χ2v) is 5.82. The van der Waals surface area contributed by atoms with Crippen molar-refractivity contribution in [2.45, 2.75) is 11.8 Å². The second-order valence-electron chi connectivity index (χ2n) is 4.16. The fourth-order valence-electron chi connectivity index (χ4n) is 1.63. The van der Waals surface area contributed by atoms with Gasteiger partial charge >= 0.3 is 0 Å². The van der Waals surface area contributed by atoms with Crippen LogP contribution in [0.2, 0.25) is 0 Å². The molecule has 0 saturated heterocycles. The molecule has 100 valence electrons. The molecule has 0 aliphatic carbocycles. The van der Waals surface area contributed by atoms with E-state index in [1.165, 1.54) is 18.2 Å². The number of benzene rings is 2. The molecule has 4 nitrogen and oxygen atoms in total. The van der Waals surface area contributed by atoms with Crippen LogP contribution in [0.25, 0.3) is 0 Å². The zero-order chi connectivity index (χ0) is 14.0. The zero-order valence-electron chi connectivity index (χ0n) is 10.2. The van der Waals surface area contributed by atoms with Crippen LogP contribution in [-0.2, 0) is 10.0 Å². The summed E-state index contributed by atoms with van der Waals surface area (Å²) < 4.78 is 40.1. The molecule has 0 radical (unpaired) electrons. The van der Waals surface area contributed by atoms with E-state index in [-0.39, 0.29) is 4.90 Å². The number of nitrogen functional groups attached to an aromatic ring is 1. The van der Waals surface area contributed by atoms with Crippen molar-refractivity contribution in [1.29, 1.82) is 0 Å². The summed E-state index contributed by atoms with van der Waals surface area (Å²) >= 11 is 0. The molecule has 0 bridgehead atoms. The SMILES string of the molecule is Cc1ccc(F)c(S(=O)(=O)Nc2cccc(N)c2)c1. The third-order valence-electron chi connectivity index (χ3n) is 2.52. The van der Waals surface area contributed by atoms with Crippen LogP contribution in [-0.4, -0.2) is 8.42 Å². The number of aryl methyl sites for hydroxylation is 1. The molecule has 0 spiro atoms. The number of sulfonamides is 1. The van der Waals surface area contributed by atoms with E-state index in [9.17, 15) is 12.8 Å². The third kappa shape index (κ3) is 3.03. The molecule has 2 aromatic carbocycles. The Morgan fingerprint density at radius 3 is 2.58 bits per heavy atom. The Morgan fingerprint density at radius 1 is 1.16 bits per heavy atom. The lowest BCUT2D eigenvalue weighted by molar-refractivity contribution is 0.570. The second kappa shape index (κ2) is 4.89. The number of anilines is 2. The molecule has 0 amide bonds. The van der Waals surface area contributed by atoms with Crippen LogP contribution in [0.5, 0.6) is 0 Å². The quantitative estimate of drug-likeness (QED) is 0.848. The van der Waals surface area contributed by atoms with Crippen LogP contribution in [0.3, 0.4) is 0 Å². The molecule has 2 aromatic rings. The van der Waals surface area contributed by atoms with Crippen LogP contribution >= 0.6 is 0 Å². The van der Waals surface area contributed by atoms with Crippen molar-refractivity contribution in [3.8, 4) is 0 Å². The monoisotopic (exact) mass is 280 g/mol. The van der Waals surface area contributed by atoms with Gasteiger partial charge < -0.3 is 5.73 Å². The Bertz CT molecular complexity index is 714. The minimum absolute atomic E-state index is 0.293. The van der Waals surface area contributed by atoms with E-state index in [4.69, 9.17) is 5.73 Å². The molecule has 0 unspecified atom stereocenters. The molecule has 3 N–H and O–H groups in total.